The summed E-state index contributed by atoms with van der Waals surface area (Å²) in [6.07, 6.45) is 1.06. The number of carbonyl (C=O) groups excluding carboxylic acids is 1. The molecule has 3 aromatic rings. The molecule has 1 atom stereocenters. The number of carbonyl (C=O) groups is 1. The van der Waals surface area contributed by atoms with Gasteiger partial charge in [-0.15, -0.1) is 0 Å². The molecule has 0 unspecified atom stereocenters. The van der Waals surface area contributed by atoms with Gasteiger partial charge in [-0.3, -0.25) is 9.10 Å². The second-order valence-corrected chi connectivity index (χ2v) is 9.58. The number of rotatable bonds is 10. The molecule has 0 aliphatic rings. The first-order chi connectivity index (χ1) is 16.2. The molecule has 34 heavy (non-hydrogen) atoms. The van der Waals surface area contributed by atoms with Crippen molar-refractivity contribution in [1.29, 1.82) is 0 Å². The third-order valence-corrected chi connectivity index (χ3v) is 6.29. The van der Waals surface area contributed by atoms with Crippen LogP contribution in [0.15, 0.2) is 72.8 Å². The minimum absolute atomic E-state index is 0.144. The van der Waals surface area contributed by atoms with E-state index in [1.54, 1.807) is 43.5 Å². The number of ether oxygens (including phenoxy) is 2. The molecule has 9 heteroatoms. The maximum Gasteiger partial charge on any atom is 0.258 e. The molecule has 1 amide bonds. The predicted molar refractivity (Wildman–Crippen MR) is 129 cm³/mol. The number of hydrogen-bond donors (Lipinski definition) is 1. The van der Waals surface area contributed by atoms with E-state index in [1.165, 1.54) is 12.1 Å². The van der Waals surface area contributed by atoms with Gasteiger partial charge in [0.05, 0.1) is 31.6 Å². The maximum absolute atomic E-state index is 14.0. The van der Waals surface area contributed by atoms with E-state index in [0.29, 0.717) is 17.2 Å². The van der Waals surface area contributed by atoms with Crippen LogP contribution < -0.4 is 19.1 Å². The fourth-order valence-corrected chi connectivity index (χ4v) is 4.30. The minimum Gasteiger partial charge on any atom is -0.496 e. The van der Waals surface area contributed by atoms with Crippen molar-refractivity contribution in [3.8, 4) is 11.5 Å². The first kappa shape index (κ1) is 25.0. The number of nitrogens with one attached hydrogen (secondary N) is 1. The molecule has 0 aromatic heterocycles. The van der Waals surface area contributed by atoms with Crippen LogP contribution in [-0.4, -0.2) is 34.3 Å². The van der Waals surface area contributed by atoms with Gasteiger partial charge in [-0.2, -0.15) is 0 Å². The third kappa shape index (κ3) is 6.48. The van der Waals surface area contributed by atoms with Gasteiger partial charge in [-0.05, 0) is 43.3 Å². The van der Waals surface area contributed by atoms with E-state index in [-0.39, 0.29) is 30.7 Å². The fraction of sp³-hybridized carbons (Fsp3) is 0.240. The van der Waals surface area contributed by atoms with Crippen LogP contribution in [0.25, 0.3) is 0 Å². The van der Waals surface area contributed by atoms with E-state index < -0.39 is 15.8 Å². The van der Waals surface area contributed by atoms with Crippen molar-refractivity contribution < 1.29 is 27.1 Å². The molecular formula is C25H27FN2O5S. The molecular weight excluding hydrogens is 459 g/mol. The van der Waals surface area contributed by atoms with Crippen molar-refractivity contribution in [2.45, 2.75) is 19.5 Å². The largest absolute Gasteiger partial charge is 0.496 e. The first-order valence-electron chi connectivity index (χ1n) is 10.6. The van der Waals surface area contributed by atoms with Crippen LogP contribution in [0, 0.1) is 5.82 Å². The zero-order valence-electron chi connectivity index (χ0n) is 19.2. The van der Waals surface area contributed by atoms with Gasteiger partial charge in [0, 0.05) is 11.1 Å². The number of benzene rings is 3. The Bertz CT molecular complexity index is 1230. The molecule has 3 rings (SSSR count). The Kier molecular flexibility index (Phi) is 8.12. The molecule has 0 radical (unpaired) electrons. The smallest absolute Gasteiger partial charge is 0.258 e. The van der Waals surface area contributed by atoms with Crippen LogP contribution in [0.2, 0.25) is 0 Å². The van der Waals surface area contributed by atoms with Crippen molar-refractivity contribution in [3.63, 3.8) is 0 Å². The van der Waals surface area contributed by atoms with Crippen LogP contribution >= 0.6 is 0 Å². The summed E-state index contributed by atoms with van der Waals surface area (Å²) in [6, 6.07) is 19.4. The van der Waals surface area contributed by atoms with Crippen molar-refractivity contribution in [2.75, 3.05) is 24.3 Å². The predicted octanol–water partition coefficient (Wildman–Crippen LogP) is 4.06. The molecule has 0 fully saturated rings. The van der Waals surface area contributed by atoms with E-state index in [9.17, 15) is 17.6 Å². The molecule has 1 N–H and O–H groups in total. The molecule has 0 aliphatic heterocycles. The quantitative estimate of drug-likeness (QED) is 0.467. The summed E-state index contributed by atoms with van der Waals surface area (Å²) in [5.74, 6) is 0.269. The van der Waals surface area contributed by atoms with Crippen molar-refractivity contribution in [2.24, 2.45) is 0 Å². The van der Waals surface area contributed by atoms with Crippen LogP contribution in [0.1, 0.15) is 24.1 Å². The lowest BCUT2D eigenvalue weighted by Gasteiger charge is -2.23. The van der Waals surface area contributed by atoms with Gasteiger partial charge in [0.1, 0.15) is 17.3 Å². The summed E-state index contributed by atoms with van der Waals surface area (Å²) in [7, 11) is -2.09. The van der Waals surface area contributed by atoms with Gasteiger partial charge in [-0.1, -0.05) is 36.4 Å². The highest BCUT2D eigenvalue weighted by atomic mass is 32.2. The monoisotopic (exact) mass is 486 g/mol. The lowest BCUT2D eigenvalue weighted by molar-refractivity contribution is -0.123. The summed E-state index contributed by atoms with van der Waals surface area (Å²) in [6.45, 7) is 1.48. The van der Waals surface area contributed by atoms with Crippen LogP contribution in [0.4, 0.5) is 10.1 Å². The van der Waals surface area contributed by atoms with E-state index in [4.69, 9.17) is 9.47 Å². The Labute approximate surface area is 199 Å². The van der Waals surface area contributed by atoms with E-state index >= 15 is 0 Å². The molecule has 0 bridgehead atoms. The summed E-state index contributed by atoms with van der Waals surface area (Å²) in [4.78, 5) is 12.3. The summed E-state index contributed by atoms with van der Waals surface area (Å²) in [5, 5.41) is 2.86. The maximum atomic E-state index is 14.0. The normalized spacial score (nSPS) is 12.0. The number of nitrogens with zero attached hydrogens (tertiary/aromatic N) is 1. The number of sulfonamides is 1. The molecule has 0 saturated carbocycles. The number of anilines is 1. The molecule has 7 nitrogen and oxygen atoms in total. The Morgan fingerprint density at radius 3 is 2.32 bits per heavy atom. The van der Waals surface area contributed by atoms with Gasteiger partial charge >= 0.3 is 0 Å². The Morgan fingerprint density at radius 1 is 1.03 bits per heavy atom. The average molecular weight is 487 g/mol. The minimum atomic E-state index is -3.67. The van der Waals surface area contributed by atoms with Gasteiger partial charge in [0.15, 0.2) is 6.61 Å². The molecule has 0 aliphatic carbocycles. The van der Waals surface area contributed by atoms with Gasteiger partial charge in [-0.25, -0.2) is 12.8 Å². The van der Waals surface area contributed by atoms with Gasteiger partial charge in [0.2, 0.25) is 10.0 Å². The lowest BCUT2D eigenvalue weighted by atomic mass is 10.1. The van der Waals surface area contributed by atoms with Crippen LogP contribution in [0.3, 0.4) is 0 Å². The summed E-state index contributed by atoms with van der Waals surface area (Å²) < 4.78 is 50.7. The lowest BCUT2D eigenvalue weighted by Crippen LogP contribution is -2.31. The number of amides is 1. The highest BCUT2D eigenvalue weighted by molar-refractivity contribution is 7.92. The van der Waals surface area contributed by atoms with Crippen LogP contribution in [-0.2, 0) is 21.4 Å². The second kappa shape index (κ2) is 11.0. The van der Waals surface area contributed by atoms with Gasteiger partial charge < -0.3 is 14.8 Å². The first-order valence-corrected chi connectivity index (χ1v) is 12.4. The van der Waals surface area contributed by atoms with E-state index in [2.05, 4.69) is 5.32 Å². The van der Waals surface area contributed by atoms with Gasteiger partial charge in [0.25, 0.3) is 5.91 Å². The molecule has 180 valence electrons. The highest BCUT2D eigenvalue weighted by Gasteiger charge is 2.20. The number of halogens is 1. The Morgan fingerprint density at radius 2 is 1.68 bits per heavy atom. The van der Waals surface area contributed by atoms with Crippen molar-refractivity contribution >= 4 is 21.6 Å². The second-order valence-electron chi connectivity index (χ2n) is 7.67. The summed E-state index contributed by atoms with van der Waals surface area (Å²) in [5.41, 5.74) is 1.46. The van der Waals surface area contributed by atoms with Crippen molar-refractivity contribution in [3.05, 3.63) is 89.7 Å². The standard InChI is InChI=1S/C25H27FN2O5S/c1-18(22-9-5-7-11-24(22)32-2)27-25(29)17-33-21-14-12-20(13-15-21)28(34(3,30)31)16-19-8-4-6-10-23(19)26/h4-15,18H,16-17H2,1-3H3,(H,27,29)/t18-/m1/s1. The topological polar surface area (TPSA) is 84.9 Å². The van der Waals surface area contributed by atoms with Crippen molar-refractivity contribution in [1.82, 2.24) is 5.32 Å². The Hall–Kier alpha value is -3.59. The third-order valence-electron chi connectivity index (χ3n) is 5.15. The van der Waals surface area contributed by atoms with E-state index in [1.807, 2.05) is 31.2 Å². The fourth-order valence-electron chi connectivity index (χ4n) is 3.42. The number of methoxy groups -OCH3 is 1. The SMILES string of the molecule is COc1ccccc1[C@@H](C)NC(=O)COc1ccc(N(Cc2ccccc2F)S(C)(=O)=O)cc1. The highest BCUT2D eigenvalue weighted by Crippen LogP contribution is 2.26. The Balaban J connectivity index is 1.63. The number of para-hydroxylation sites is 1. The number of hydrogen-bond acceptors (Lipinski definition) is 5. The zero-order chi connectivity index (χ0) is 24.7. The summed E-state index contributed by atoms with van der Waals surface area (Å²) >= 11 is 0. The molecule has 3 aromatic carbocycles. The molecule has 0 heterocycles. The molecule has 0 saturated heterocycles. The molecule has 0 spiro atoms. The average Bonchev–Trinajstić information content (AvgIpc) is 2.82. The zero-order valence-corrected chi connectivity index (χ0v) is 20.0. The van der Waals surface area contributed by atoms with Crippen LogP contribution in [0.5, 0.6) is 11.5 Å². The van der Waals surface area contributed by atoms with E-state index in [0.717, 1.165) is 16.1 Å².